The molecule has 1 atom stereocenters. The summed E-state index contributed by atoms with van der Waals surface area (Å²) >= 11 is 1.77. The smallest absolute Gasteiger partial charge is 0.240 e. The zero-order chi connectivity index (χ0) is 14.3. The standard InChI is InChI=1S/C13H22N2O2S2/c1-11(14)12-6-5-7-13(10-12)19(16,17)15-8-3-4-9-18-2/h5-7,10-11,15H,3-4,8-9,14H2,1-2H3. The van der Waals surface area contributed by atoms with Crippen molar-refractivity contribution < 1.29 is 8.42 Å². The van der Waals surface area contributed by atoms with E-state index in [9.17, 15) is 8.42 Å². The molecule has 0 spiro atoms. The molecule has 0 aliphatic heterocycles. The highest BCUT2D eigenvalue weighted by molar-refractivity contribution is 7.98. The van der Waals surface area contributed by atoms with Gasteiger partial charge in [0.05, 0.1) is 4.90 Å². The first-order valence-corrected chi connectivity index (χ1v) is 9.19. The third-order valence-electron chi connectivity index (χ3n) is 2.76. The van der Waals surface area contributed by atoms with Gasteiger partial charge in [-0.25, -0.2) is 13.1 Å². The van der Waals surface area contributed by atoms with Gasteiger partial charge in [0.2, 0.25) is 10.0 Å². The van der Waals surface area contributed by atoms with E-state index in [4.69, 9.17) is 5.73 Å². The minimum Gasteiger partial charge on any atom is -0.324 e. The van der Waals surface area contributed by atoms with Crippen molar-refractivity contribution in [2.45, 2.75) is 30.7 Å². The van der Waals surface area contributed by atoms with Crippen molar-refractivity contribution in [2.24, 2.45) is 5.73 Å². The first-order chi connectivity index (χ1) is 8.97. The fraction of sp³-hybridized carbons (Fsp3) is 0.538. The number of unbranched alkanes of at least 4 members (excludes halogenated alkanes) is 1. The molecule has 0 amide bonds. The maximum Gasteiger partial charge on any atom is 0.240 e. The highest BCUT2D eigenvalue weighted by Crippen LogP contribution is 2.15. The number of hydrogen-bond acceptors (Lipinski definition) is 4. The Labute approximate surface area is 120 Å². The van der Waals surface area contributed by atoms with E-state index in [1.807, 2.05) is 19.2 Å². The lowest BCUT2D eigenvalue weighted by atomic mass is 10.1. The number of nitrogens with one attached hydrogen (secondary N) is 1. The van der Waals surface area contributed by atoms with Gasteiger partial charge in [0.15, 0.2) is 0 Å². The van der Waals surface area contributed by atoms with Gasteiger partial charge in [-0.2, -0.15) is 11.8 Å². The van der Waals surface area contributed by atoms with Gasteiger partial charge in [-0.3, -0.25) is 0 Å². The predicted octanol–water partition coefficient (Wildman–Crippen LogP) is 2.13. The number of thioether (sulfide) groups is 1. The van der Waals surface area contributed by atoms with Gasteiger partial charge >= 0.3 is 0 Å². The predicted molar refractivity (Wildman–Crippen MR) is 81.8 cm³/mol. The number of nitrogens with two attached hydrogens (primary N) is 1. The molecular formula is C13H22N2O2S2. The molecule has 0 fully saturated rings. The second kappa shape index (κ2) is 7.89. The first kappa shape index (κ1) is 16.5. The van der Waals surface area contributed by atoms with E-state index in [0.717, 1.165) is 24.2 Å². The molecule has 108 valence electrons. The minimum absolute atomic E-state index is 0.170. The highest BCUT2D eigenvalue weighted by Gasteiger charge is 2.14. The van der Waals surface area contributed by atoms with Crippen molar-refractivity contribution in [1.82, 2.24) is 4.72 Å². The monoisotopic (exact) mass is 302 g/mol. The Morgan fingerprint density at radius 3 is 2.74 bits per heavy atom. The molecule has 1 aromatic carbocycles. The van der Waals surface area contributed by atoms with E-state index in [1.165, 1.54) is 0 Å². The molecule has 1 rings (SSSR count). The molecule has 19 heavy (non-hydrogen) atoms. The van der Waals surface area contributed by atoms with Crippen LogP contribution >= 0.6 is 11.8 Å². The van der Waals surface area contributed by atoms with Crippen LogP contribution < -0.4 is 10.5 Å². The van der Waals surface area contributed by atoms with Gasteiger partial charge in [-0.15, -0.1) is 0 Å². The average Bonchev–Trinajstić information content (AvgIpc) is 2.38. The van der Waals surface area contributed by atoms with E-state index < -0.39 is 10.0 Å². The van der Waals surface area contributed by atoms with Crippen LogP contribution in [-0.4, -0.2) is 27.0 Å². The van der Waals surface area contributed by atoms with E-state index in [0.29, 0.717) is 6.54 Å². The van der Waals surface area contributed by atoms with Crippen molar-refractivity contribution in [2.75, 3.05) is 18.6 Å². The van der Waals surface area contributed by atoms with Gasteiger partial charge in [-0.05, 0) is 49.5 Å². The number of hydrogen-bond donors (Lipinski definition) is 2. The molecule has 0 heterocycles. The van der Waals surface area contributed by atoms with Crippen LogP contribution in [0.1, 0.15) is 31.4 Å². The second-order valence-electron chi connectivity index (χ2n) is 4.46. The number of sulfonamides is 1. The summed E-state index contributed by atoms with van der Waals surface area (Å²) < 4.78 is 26.8. The Bertz CT molecular complexity index is 487. The molecule has 0 saturated carbocycles. The van der Waals surface area contributed by atoms with Crippen LogP contribution in [-0.2, 0) is 10.0 Å². The van der Waals surface area contributed by atoms with E-state index >= 15 is 0 Å². The molecule has 0 aliphatic rings. The first-order valence-electron chi connectivity index (χ1n) is 6.31. The molecule has 3 N–H and O–H groups in total. The Morgan fingerprint density at radius 1 is 1.37 bits per heavy atom. The zero-order valence-corrected chi connectivity index (χ0v) is 13.1. The Morgan fingerprint density at radius 2 is 2.11 bits per heavy atom. The van der Waals surface area contributed by atoms with Crippen molar-refractivity contribution in [1.29, 1.82) is 0 Å². The van der Waals surface area contributed by atoms with Crippen molar-refractivity contribution in [3.8, 4) is 0 Å². The summed E-state index contributed by atoms with van der Waals surface area (Å²) in [5, 5.41) is 0. The lowest BCUT2D eigenvalue weighted by molar-refractivity contribution is 0.578. The molecule has 4 nitrogen and oxygen atoms in total. The molecule has 0 radical (unpaired) electrons. The van der Waals surface area contributed by atoms with Gasteiger partial charge in [-0.1, -0.05) is 12.1 Å². The lowest BCUT2D eigenvalue weighted by Crippen LogP contribution is -2.25. The van der Waals surface area contributed by atoms with Crippen LogP contribution in [0.4, 0.5) is 0 Å². The number of benzene rings is 1. The molecule has 1 aromatic rings. The maximum atomic E-state index is 12.1. The maximum absolute atomic E-state index is 12.1. The Hall–Kier alpha value is -0.560. The average molecular weight is 302 g/mol. The summed E-state index contributed by atoms with van der Waals surface area (Å²) in [5.41, 5.74) is 6.59. The summed E-state index contributed by atoms with van der Waals surface area (Å²) in [4.78, 5) is 0.284. The van der Waals surface area contributed by atoms with Gasteiger partial charge in [0, 0.05) is 12.6 Å². The van der Waals surface area contributed by atoms with Crippen LogP contribution in [0.2, 0.25) is 0 Å². The van der Waals surface area contributed by atoms with Crippen LogP contribution in [0.5, 0.6) is 0 Å². The Balaban J connectivity index is 2.64. The molecule has 0 aliphatic carbocycles. The van der Waals surface area contributed by atoms with Gasteiger partial charge in [0.1, 0.15) is 0 Å². The van der Waals surface area contributed by atoms with Crippen LogP contribution in [0.3, 0.4) is 0 Å². The molecule has 1 unspecified atom stereocenters. The quantitative estimate of drug-likeness (QED) is 0.722. The molecule has 0 bridgehead atoms. The van der Waals surface area contributed by atoms with Gasteiger partial charge in [0.25, 0.3) is 0 Å². The summed E-state index contributed by atoms with van der Waals surface area (Å²) in [6.07, 6.45) is 3.92. The van der Waals surface area contributed by atoms with Crippen molar-refractivity contribution in [3.63, 3.8) is 0 Å². The normalized spacial score (nSPS) is 13.4. The molecule has 6 heteroatoms. The number of rotatable bonds is 8. The SMILES string of the molecule is CSCCCCNS(=O)(=O)c1cccc(C(C)N)c1. The molecular weight excluding hydrogens is 280 g/mol. The third-order valence-corrected chi connectivity index (χ3v) is 4.92. The third kappa shape index (κ3) is 5.52. The summed E-state index contributed by atoms with van der Waals surface area (Å²) in [5.74, 6) is 1.06. The molecule has 0 saturated heterocycles. The van der Waals surface area contributed by atoms with E-state index in [2.05, 4.69) is 4.72 Å². The zero-order valence-electron chi connectivity index (χ0n) is 11.4. The van der Waals surface area contributed by atoms with Crippen LogP contribution in [0.25, 0.3) is 0 Å². The second-order valence-corrected chi connectivity index (χ2v) is 7.21. The fourth-order valence-corrected chi connectivity index (χ4v) is 3.25. The largest absolute Gasteiger partial charge is 0.324 e. The summed E-state index contributed by atoms with van der Waals surface area (Å²) in [6, 6.07) is 6.62. The summed E-state index contributed by atoms with van der Waals surface area (Å²) in [7, 11) is -3.42. The van der Waals surface area contributed by atoms with Gasteiger partial charge < -0.3 is 5.73 Å². The van der Waals surface area contributed by atoms with E-state index in [-0.39, 0.29) is 10.9 Å². The highest BCUT2D eigenvalue weighted by atomic mass is 32.2. The van der Waals surface area contributed by atoms with Crippen LogP contribution in [0.15, 0.2) is 29.2 Å². The van der Waals surface area contributed by atoms with Crippen molar-refractivity contribution in [3.05, 3.63) is 29.8 Å². The van der Waals surface area contributed by atoms with E-state index in [1.54, 1.807) is 30.0 Å². The summed E-state index contributed by atoms with van der Waals surface area (Å²) in [6.45, 7) is 2.31. The lowest BCUT2D eigenvalue weighted by Gasteiger charge is -2.10. The van der Waals surface area contributed by atoms with Crippen molar-refractivity contribution >= 4 is 21.8 Å². The minimum atomic E-state index is -3.42. The molecule has 0 aromatic heterocycles. The fourth-order valence-electron chi connectivity index (χ4n) is 1.63. The topological polar surface area (TPSA) is 72.2 Å². The van der Waals surface area contributed by atoms with Crippen LogP contribution in [0, 0.1) is 0 Å². The Kier molecular flexibility index (Phi) is 6.85.